The average molecular weight is 434 g/mol. The van der Waals surface area contributed by atoms with Gasteiger partial charge in [-0.1, -0.05) is 88.2 Å². The van der Waals surface area contributed by atoms with Crippen LogP contribution in [0.4, 0.5) is 0 Å². The van der Waals surface area contributed by atoms with Gasteiger partial charge in [-0.3, -0.25) is 4.79 Å². The molecule has 1 atom stereocenters. The minimum absolute atomic E-state index is 0.175. The number of aliphatic hydroxyl groups is 1. The Morgan fingerprint density at radius 3 is 2.21 bits per heavy atom. The predicted octanol–water partition coefficient (Wildman–Crippen LogP) is 5.81. The average Bonchev–Trinajstić information content (AvgIpc) is 2.96. The van der Waals surface area contributed by atoms with Crippen LogP contribution in [0.3, 0.4) is 0 Å². The third-order valence-electron chi connectivity index (χ3n) is 5.05. The molecule has 4 heteroatoms. The largest absolute Gasteiger partial charge is 0.503 e. The number of halogens is 1. The van der Waals surface area contributed by atoms with Gasteiger partial charge in [0.15, 0.2) is 5.76 Å². The fraction of sp³-hybridized carbons (Fsp3) is 0.125. The number of amides is 1. The summed E-state index contributed by atoms with van der Waals surface area (Å²) in [5, 5.41) is 10.8. The molecule has 0 saturated carbocycles. The zero-order valence-corrected chi connectivity index (χ0v) is 17.1. The van der Waals surface area contributed by atoms with E-state index in [4.69, 9.17) is 0 Å². The minimum Gasteiger partial charge on any atom is -0.503 e. The summed E-state index contributed by atoms with van der Waals surface area (Å²) in [4.78, 5) is 14.8. The molecule has 0 bridgehead atoms. The number of benzene rings is 3. The first-order valence-corrected chi connectivity index (χ1v) is 9.94. The quantitative estimate of drug-likeness (QED) is 0.563. The zero-order valence-electron chi connectivity index (χ0n) is 15.5. The lowest BCUT2D eigenvalue weighted by Gasteiger charge is -2.27. The molecule has 140 valence electrons. The second-order valence-electron chi connectivity index (χ2n) is 7.00. The van der Waals surface area contributed by atoms with Crippen LogP contribution in [0.25, 0.3) is 5.57 Å². The second kappa shape index (κ2) is 7.64. The van der Waals surface area contributed by atoms with Gasteiger partial charge >= 0.3 is 0 Å². The van der Waals surface area contributed by atoms with Gasteiger partial charge in [-0.05, 0) is 35.7 Å². The van der Waals surface area contributed by atoms with Crippen molar-refractivity contribution in [3.05, 3.63) is 111 Å². The third kappa shape index (κ3) is 3.48. The summed E-state index contributed by atoms with van der Waals surface area (Å²) in [5.74, 6) is -0.515. The summed E-state index contributed by atoms with van der Waals surface area (Å²) in [6.07, 6.45) is 0. The van der Waals surface area contributed by atoms with E-state index in [9.17, 15) is 9.90 Å². The fourth-order valence-corrected chi connectivity index (χ4v) is 3.88. The van der Waals surface area contributed by atoms with Crippen molar-refractivity contribution in [3.63, 3.8) is 0 Å². The normalized spacial score (nSPS) is 16.7. The van der Waals surface area contributed by atoms with E-state index < -0.39 is 0 Å². The highest BCUT2D eigenvalue weighted by Gasteiger charge is 2.40. The van der Waals surface area contributed by atoms with Crippen molar-refractivity contribution in [3.8, 4) is 0 Å². The standard InChI is InChI=1S/C24H20BrNO2/c1-16-7-9-17(10-8-16)15-26-22(19-11-13-20(25)14-12-19)21(23(27)24(26)28)18-5-3-2-4-6-18/h2-14,22,27H,15H2,1H3. The third-order valence-corrected chi connectivity index (χ3v) is 5.58. The maximum absolute atomic E-state index is 13.0. The van der Waals surface area contributed by atoms with Crippen LogP contribution in [-0.4, -0.2) is 15.9 Å². The monoisotopic (exact) mass is 433 g/mol. The smallest absolute Gasteiger partial charge is 0.290 e. The summed E-state index contributed by atoms with van der Waals surface area (Å²) in [7, 11) is 0. The molecule has 0 radical (unpaired) electrons. The van der Waals surface area contributed by atoms with Gasteiger partial charge < -0.3 is 10.0 Å². The lowest BCUT2D eigenvalue weighted by Crippen LogP contribution is -2.29. The van der Waals surface area contributed by atoms with Crippen molar-refractivity contribution in [2.24, 2.45) is 0 Å². The molecule has 1 heterocycles. The highest BCUT2D eigenvalue weighted by Crippen LogP contribution is 2.43. The summed E-state index contributed by atoms with van der Waals surface area (Å²) >= 11 is 3.47. The lowest BCUT2D eigenvalue weighted by molar-refractivity contribution is -0.130. The maximum Gasteiger partial charge on any atom is 0.290 e. The van der Waals surface area contributed by atoms with E-state index in [0.29, 0.717) is 12.1 Å². The predicted molar refractivity (Wildman–Crippen MR) is 115 cm³/mol. The molecule has 1 aliphatic heterocycles. The fourth-order valence-electron chi connectivity index (χ4n) is 3.61. The second-order valence-corrected chi connectivity index (χ2v) is 7.92. The number of rotatable bonds is 4. The first-order chi connectivity index (χ1) is 13.5. The van der Waals surface area contributed by atoms with Crippen molar-refractivity contribution in [1.29, 1.82) is 0 Å². The van der Waals surface area contributed by atoms with Crippen molar-refractivity contribution < 1.29 is 9.90 Å². The van der Waals surface area contributed by atoms with Gasteiger partial charge in [-0.15, -0.1) is 0 Å². The van der Waals surface area contributed by atoms with Gasteiger partial charge in [-0.2, -0.15) is 0 Å². The van der Waals surface area contributed by atoms with E-state index in [1.165, 1.54) is 5.56 Å². The van der Waals surface area contributed by atoms with E-state index in [2.05, 4.69) is 15.9 Å². The van der Waals surface area contributed by atoms with Gasteiger partial charge in [0.25, 0.3) is 5.91 Å². The summed E-state index contributed by atoms with van der Waals surface area (Å²) in [5.41, 5.74) is 4.68. The minimum atomic E-state index is -0.343. The molecule has 0 spiro atoms. The summed E-state index contributed by atoms with van der Waals surface area (Å²) in [6.45, 7) is 2.47. The van der Waals surface area contributed by atoms with Crippen molar-refractivity contribution >= 4 is 27.4 Å². The molecular formula is C24H20BrNO2. The zero-order chi connectivity index (χ0) is 19.7. The molecule has 3 aromatic rings. The van der Waals surface area contributed by atoms with E-state index >= 15 is 0 Å². The molecule has 28 heavy (non-hydrogen) atoms. The highest BCUT2D eigenvalue weighted by atomic mass is 79.9. The van der Waals surface area contributed by atoms with E-state index in [1.54, 1.807) is 4.90 Å². The van der Waals surface area contributed by atoms with Crippen molar-refractivity contribution in [1.82, 2.24) is 4.90 Å². The Balaban J connectivity index is 1.80. The van der Waals surface area contributed by atoms with Crippen LogP contribution in [0.15, 0.2) is 89.1 Å². The Morgan fingerprint density at radius 1 is 0.929 bits per heavy atom. The molecule has 0 aromatic heterocycles. The first-order valence-electron chi connectivity index (χ1n) is 9.15. The Labute approximate surface area is 173 Å². The molecule has 1 unspecified atom stereocenters. The molecule has 3 nitrogen and oxygen atoms in total. The van der Waals surface area contributed by atoms with Crippen LogP contribution in [-0.2, 0) is 11.3 Å². The Bertz CT molecular complexity index is 1020. The maximum atomic E-state index is 13.0. The Morgan fingerprint density at radius 2 is 1.57 bits per heavy atom. The molecule has 1 amide bonds. The molecular weight excluding hydrogens is 414 g/mol. The molecule has 4 rings (SSSR count). The molecule has 0 fully saturated rings. The van der Waals surface area contributed by atoms with Gasteiger partial charge in [0.1, 0.15) is 0 Å². The van der Waals surface area contributed by atoms with Crippen LogP contribution in [0, 0.1) is 6.92 Å². The molecule has 0 aliphatic carbocycles. The Hall–Kier alpha value is -2.85. The molecule has 1 N–H and O–H groups in total. The summed E-state index contributed by atoms with van der Waals surface area (Å²) < 4.78 is 0.972. The van der Waals surface area contributed by atoms with E-state index in [-0.39, 0.29) is 17.7 Å². The number of carbonyl (C=O) groups excluding carboxylic acids is 1. The number of aliphatic hydroxyl groups excluding tert-OH is 1. The molecule has 0 saturated heterocycles. The van der Waals surface area contributed by atoms with Crippen LogP contribution in [0.5, 0.6) is 0 Å². The van der Waals surface area contributed by atoms with Gasteiger partial charge in [0, 0.05) is 16.6 Å². The van der Waals surface area contributed by atoms with Crippen molar-refractivity contribution in [2.75, 3.05) is 0 Å². The summed E-state index contributed by atoms with van der Waals surface area (Å²) in [6, 6.07) is 25.3. The van der Waals surface area contributed by atoms with E-state index in [1.807, 2.05) is 85.8 Å². The number of hydrogen-bond acceptors (Lipinski definition) is 2. The number of carbonyl (C=O) groups is 1. The van der Waals surface area contributed by atoms with Gasteiger partial charge in [0.2, 0.25) is 0 Å². The van der Waals surface area contributed by atoms with Crippen LogP contribution < -0.4 is 0 Å². The molecule has 3 aromatic carbocycles. The van der Waals surface area contributed by atoms with Gasteiger partial charge in [-0.25, -0.2) is 0 Å². The van der Waals surface area contributed by atoms with E-state index in [0.717, 1.165) is 21.2 Å². The SMILES string of the molecule is Cc1ccc(CN2C(=O)C(O)=C(c3ccccc3)C2c2ccc(Br)cc2)cc1. The van der Waals surface area contributed by atoms with Crippen molar-refractivity contribution in [2.45, 2.75) is 19.5 Å². The number of hydrogen-bond donors (Lipinski definition) is 1. The molecule has 1 aliphatic rings. The number of nitrogens with zero attached hydrogens (tertiary/aromatic N) is 1. The van der Waals surface area contributed by atoms with Gasteiger partial charge in [0.05, 0.1) is 6.04 Å². The van der Waals surface area contributed by atoms with Crippen LogP contribution in [0.2, 0.25) is 0 Å². The Kier molecular flexibility index (Phi) is 5.05. The lowest BCUT2D eigenvalue weighted by atomic mass is 9.93. The highest BCUT2D eigenvalue weighted by molar-refractivity contribution is 9.10. The number of aryl methyl sites for hydroxylation is 1. The van der Waals surface area contributed by atoms with Crippen LogP contribution in [0.1, 0.15) is 28.3 Å². The first kappa shape index (κ1) is 18.5. The topological polar surface area (TPSA) is 40.5 Å². The van der Waals surface area contributed by atoms with Crippen LogP contribution >= 0.6 is 15.9 Å².